The molecule has 1 saturated carbocycles. The number of anilines is 1. The normalized spacial score (nSPS) is 17.1. The lowest BCUT2D eigenvalue weighted by atomic mass is 10.1. The second-order valence-electron chi connectivity index (χ2n) is 4.00. The predicted octanol–water partition coefficient (Wildman–Crippen LogP) is 3.71. The molecule has 1 heterocycles. The lowest BCUT2D eigenvalue weighted by molar-refractivity contribution is 0.623. The van der Waals surface area contributed by atoms with Crippen LogP contribution >= 0.6 is 27.7 Å². The van der Waals surface area contributed by atoms with Gasteiger partial charge in [-0.2, -0.15) is 0 Å². The fraction of sp³-hybridized carbons (Fsp3) is 0.545. The SMILES string of the molecule is Nc1ncc(Br)cc1SCC1CCCC1. The monoisotopic (exact) mass is 286 g/mol. The Balaban J connectivity index is 1.94. The molecule has 1 aliphatic rings. The molecule has 0 atom stereocenters. The van der Waals surface area contributed by atoms with Crippen LogP contribution in [0.15, 0.2) is 21.6 Å². The van der Waals surface area contributed by atoms with Gasteiger partial charge < -0.3 is 5.73 Å². The molecule has 1 aliphatic carbocycles. The number of pyridine rings is 1. The number of aromatic nitrogens is 1. The van der Waals surface area contributed by atoms with Gasteiger partial charge in [0.05, 0.1) is 4.90 Å². The summed E-state index contributed by atoms with van der Waals surface area (Å²) >= 11 is 5.26. The third-order valence-corrected chi connectivity index (χ3v) is 4.51. The number of halogens is 1. The van der Waals surface area contributed by atoms with Gasteiger partial charge in [0, 0.05) is 16.4 Å². The summed E-state index contributed by atoms with van der Waals surface area (Å²) in [6.45, 7) is 0. The minimum Gasteiger partial charge on any atom is -0.383 e. The molecule has 2 N–H and O–H groups in total. The van der Waals surface area contributed by atoms with Gasteiger partial charge in [-0.1, -0.05) is 12.8 Å². The number of nitrogen functional groups attached to an aromatic ring is 1. The number of hydrogen-bond donors (Lipinski definition) is 1. The highest BCUT2D eigenvalue weighted by molar-refractivity contribution is 9.10. The van der Waals surface area contributed by atoms with Crippen LogP contribution in [0.3, 0.4) is 0 Å². The molecule has 4 heteroatoms. The maximum absolute atomic E-state index is 5.82. The van der Waals surface area contributed by atoms with Crippen LogP contribution in [0.1, 0.15) is 25.7 Å². The average molecular weight is 287 g/mol. The number of hydrogen-bond acceptors (Lipinski definition) is 3. The van der Waals surface area contributed by atoms with E-state index in [2.05, 4.69) is 27.0 Å². The second kappa shape index (κ2) is 5.21. The first-order valence-electron chi connectivity index (χ1n) is 5.29. The third kappa shape index (κ3) is 3.11. The summed E-state index contributed by atoms with van der Waals surface area (Å²) in [6, 6.07) is 2.06. The topological polar surface area (TPSA) is 38.9 Å². The Morgan fingerprint density at radius 3 is 2.93 bits per heavy atom. The molecule has 1 aromatic heterocycles. The van der Waals surface area contributed by atoms with Gasteiger partial charge in [0.15, 0.2) is 0 Å². The van der Waals surface area contributed by atoms with Gasteiger partial charge in [0.25, 0.3) is 0 Å². The van der Waals surface area contributed by atoms with Gasteiger partial charge in [-0.25, -0.2) is 4.98 Å². The number of nitrogens with zero attached hydrogens (tertiary/aromatic N) is 1. The zero-order chi connectivity index (χ0) is 10.7. The van der Waals surface area contributed by atoms with Crippen molar-refractivity contribution in [1.29, 1.82) is 0 Å². The summed E-state index contributed by atoms with van der Waals surface area (Å²) in [7, 11) is 0. The standard InChI is InChI=1S/C11H15BrN2S/c12-9-5-10(11(13)14-6-9)15-7-8-3-1-2-4-8/h5-6,8H,1-4,7H2,(H2,13,14). The first kappa shape index (κ1) is 11.3. The van der Waals surface area contributed by atoms with Crippen molar-refractivity contribution in [3.63, 3.8) is 0 Å². The molecule has 0 amide bonds. The van der Waals surface area contributed by atoms with Gasteiger partial charge in [0.2, 0.25) is 0 Å². The Hall–Kier alpha value is -0.220. The molecule has 0 spiro atoms. The van der Waals surface area contributed by atoms with E-state index in [9.17, 15) is 0 Å². The minimum absolute atomic E-state index is 0.654. The molecule has 0 radical (unpaired) electrons. The lowest BCUT2D eigenvalue weighted by Gasteiger charge is -2.09. The molecule has 0 bridgehead atoms. The van der Waals surface area contributed by atoms with E-state index in [-0.39, 0.29) is 0 Å². The van der Waals surface area contributed by atoms with Crippen molar-refractivity contribution in [2.24, 2.45) is 5.92 Å². The second-order valence-corrected chi connectivity index (χ2v) is 5.98. The molecule has 0 aliphatic heterocycles. The number of nitrogens with two attached hydrogens (primary N) is 1. The summed E-state index contributed by atoms with van der Waals surface area (Å²) in [5.41, 5.74) is 5.82. The van der Waals surface area contributed by atoms with Gasteiger partial charge in [-0.3, -0.25) is 0 Å². The first-order valence-corrected chi connectivity index (χ1v) is 7.07. The molecule has 0 unspecified atom stereocenters. The lowest BCUT2D eigenvalue weighted by Crippen LogP contribution is -1.98. The maximum Gasteiger partial charge on any atom is 0.137 e. The minimum atomic E-state index is 0.654. The van der Waals surface area contributed by atoms with Crippen LogP contribution < -0.4 is 5.73 Å². The molecule has 0 aromatic carbocycles. The molecule has 2 nitrogen and oxygen atoms in total. The molecule has 15 heavy (non-hydrogen) atoms. The highest BCUT2D eigenvalue weighted by atomic mass is 79.9. The molecular formula is C11H15BrN2S. The summed E-state index contributed by atoms with van der Waals surface area (Å²) in [5.74, 6) is 2.72. The van der Waals surface area contributed by atoms with Crippen molar-refractivity contribution in [3.05, 3.63) is 16.7 Å². The molecule has 1 fully saturated rings. The van der Waals surface area contributed by atoms with Crippen LogP contribution in [0.5, 0.6) is 0 Å². The Bertz CT molecular complexity index is 337. The Labute approximate surface area is 103 Å². The van der Waals surface area contributed by atoms with E-state index < -0.39 is 0 Å². The summed E-state index contributed by atoms with van der Waals surface area (Å²) in [4.78, 5) is 5.24. The van der Waals surface area contributed by atoms with Crippen LogP contribution in [0, 0.1) is 5.92 Å². The molecule has 0 saturated heterocycles. The highest BCUT2D eigenvalue weighted by Crippen LogP contribution is 2.33. The van der Waals surface area contributed by atoms with Crippen molar-refractivity contribution in [1.82, 2.24) is 4.98 Å². The van der Waals surface area contributed by atoms with Crippen molar-refractivity contribution < 1.29 is 0 Å². The largest absolute Gasteiger partial charge is 0.383 e. The van der Waals surface area contributed by atoms with Crippen LogP contribution in [-0.4, -0.2) is 10.7 Å². The quantitative estimate of drug-likeness (QED) is 0.861. The van der Waals surface area contributed by atoms with Crippen molar-refractivity contribution >= 4 is 33.5 Å². The first-order chi connectivity index (χ1) is 7.25. The molecule has 1 aromatic rings. The fourth-order valence-corrected chi connectivity index (χ4v) is 3.57. The zero-order valence-electron chi connectivity index (χ0n) is 8.58. The Morgan fingerprint density at radius 2 is 2.20 bits per heavy atom. The van der Waals surface area contributed by atoms with Crippen LogP contribution in [0.2, 0.25) is 0 Å². The van der Waals surface area contributed by atoms with Gasteiger partial charge in [-0.15, -0.1) is 11.8 Å². The van der Waals surface area contributed by atoms with E-state index in [1.165, 1.54) is 31.4 Å². The van der Waals surface area contributed by atoms with E-state index in [1.807, 2.05) is 11.8 Å². The molecule has 82 valence electrons. The van der Waals surface area contributed by atoms with Gasteiger partial charge >= 0.3 is 0 Å². The van der Waals surface area contributed by atoms with Crippen LogP contribution in [0.4, 0.5) is 5.82 Å². The van der Waals surface area contributed by atoms with Crippen molar-refractivity contribution in [2.75, 3.05) is 11.5 Å². The predicted molar refractivity (Wildman–Crippen MR) is 69.0 cm³/mol. The van der Waals surface area contributed by atoms with E-state index >= 15 is 0 Å². The summed E-state index contributed by atoms with van der Waals surface area (Å²) in [6.07, 6.45) is 7.31. The van der Waals surface area contributed by atoms with E-state index in [0.717, 1.165) is 15.3 Å². The van der Waals surface area contributed by atoms with E-state index in [0.29, 0.717) is 5.82 Å². The highest BCUT2D eigenvalue weighted by Gasteiger charge is 2.15. The maximum atomic E-state index is 5.82. The van der Waals surface area contributed by atoms with E-state index in [1.54, 1.807) is 6.20 Å². The fourth-order valence-electron chi connectivity index (χ4n) is 1.93. The molecule has 2 rings (SSSR count). The van der Waals surface area contributed by atoms with Crippen molar-refractivity contribution in [2.45, 2.75) is 30.6 Å². The smallest absolute Gasteiger partial charge is 0.137 e. The number of thioether (sulfide) groups is 1. The zero-order valence-corrected chi connectivity index (χ0v) is 11.0. The van der Waals surface area contributed by atoms with Gasteiger partial charge in [0.1, 0.15) is 5.82 Å². The Kier molecular flexibility index (Phi) is 3.92. The number of rotatable bonds is 3. The summed E-state index contributed by atoms with van der Waals surface area (Å²) in [5, 5.41) is 0. The van der Waals surface area contributed by atoms with Crippen LogP contribution in [-0.2, 0) is 0 Å². The van der Waals surface area contributed by atoms with Gasteiger partial charge in [-0.05, 0) is 40.8 Å². The van der Waals surface area contributed by atoms with Crippen molar-refractivity contribution in [3.8, 4) is 0 Å². The average Bonchev–Trinajstić information content (AvgIpc) is 2.72. The summed E-state index contributed by atoms with van der Waals surface area (Å²) < 4.78 is 1.01. The Morgan fingerprint density at radius 1 is 1.47 bits per heavy atom. The molecular weight excluding hydrogens is 272 g/mol. The van der Waals surface area contributed by atoms with Crippen LogP contribution in [0.25, 0.3) is 0 Å². The third-order valence-electron chi connectivity index (χ3n) is 2.80. The van der Waals surface area contributed by atoms with E-state index in [4.69, 9.17) is 5.73 Å².